The van der Waals surface area contributed by atoms with Crippen LogP contribution in [0.1, 0.15) is 31.4 Å². The van der Waals surface area contributed by atoms with Crippen LogP contribution in [-0.2, 0) is 6.54 Å². The Balaban J connectivity index is 2.69. The zero-order valence-corrected chi connectivity index (χ0v) is 13.8. The van der Waals surface area contributed by atoms with E-state index in [1.165, 1.54) is 0 Å². The Morgan fingerprint density at radius 3 is 2.57 bits per heavy atom. The number of rotatable bonds is 8. The van der Waals surface area contributed by atoms with Gasteiger partial charge in [0.05, 0.1) is 12.7 Å². The van der Waals surface area contributed by atoms with Crippen molar-refractivity contribution in [3.63, 3.8) is 0 Å². The van der Waals surface area contributed by atoms with Crippen LogP contribution in [-0.4, -0.2) is 38.7 Å². The molecule has 1 atom stereocenters. The summed E-state index contributed by atoms with van der Waals surface area (Å²) >= 11 is 0. The molecule has 1 N–H and O–H groups in total. The Morgan fingerprint density at radius 2 is 2.05 bits per heavy atom. The highest BCUT2D eigenvalue weighted by Crippen LogP contribution is 2.19. The third-order valence-corrected chi connectivity index (χ3v) is 3.32. The minimum Gasteiger partial charge on any atom is -0.495 e. The SMILES string of the molecule is COc1cc(CNC(CC(C)C)CN(C)C)ccc1C#N. The van der Waals surface area contributed by atoms with Crippen molar-refractivity contribution in [2.24, 2.45) is 5.92 Å². The molecule has 0 aliphatic carbocycles. The molecule has 0 radical (unpaired) electrons. The minimum absolute atomic E-state index is 0.460. The fourth-order valence-electron chi connectivity index (χ4n) is 2.43. The molecule has 21 heavy (non-hydrogen) atoms. The summed E-state index contributed by atoms with van der Waals surface area (Å²) in [5.41, 5.74) is 1.71. The highest BCUT2D eigenvalue weighted by molar-refractivity contribution is 5.45. The first-order valence-corrected chi connectivity index (χ1v) is 7.41. The molecule has 1 aromatic rings. The summed E-state index contributed by atoms with van der Waals surface area (Å²) in [6.45, 7) is 6.29. The summed E-state index contributed by atoms with van der Waals surface area (Å²) in [4.78, 5) is 2.21. The van der Waals surface area contributed by atoms with Crippen molar-refractivity contribution < 1.29 is 4.74 Å². The van der Waals surface area contributed by atoms with E-state index < -0.39 is 0 Å². The van der Waals surface area contributed by atoms with Gasteiger partial charge < -0.3 is 15.0 Å². The second-order valence-electron chi connectivity index (χ2n) is 6.12. The van der Waals surface area contributed by atoms with Gasteiger partial charge in [-0.25, -0.2) is 0 Å². The monoisotopic (exact) mass is 289 g/mol. The standard InChI is InChI=1S/C17H27N3O/c1-13(2)8-16(12-20(3)4)19-11-14-6-7-15(10-18)17(9-14)21-5/h6-7,9,13,16,19H,8,11-12H2,1-5H3. The van der Waals surface area contributed by atoms with Crippen molar-refractivity contribution in [1.82, 2.24) is 10.2 Å². The molecular weight excluding hydrogens is 262 g/mol. The van der Waals surface area contributed by atoms with Crippen LogP contribution in [0.25, 0.3) is 0 Å². The lowest BCUT2D eigenvalue weighted by Gasteiger charge is -2.24. The molecule has 0 aromatic heterocycles. The highest BCUT2D eigenvalue weighted by atomic mass is 16.5. The van der Waals surface area contributed by atoms with Gasteiger partial charge in [0.15, 0.2) is 0 Å². The fourth-order valence-corrected chi connectivity index (χ4v) is 2.43. The van der Waals surface area contributed by atoms with E-state index in [0.29, 0.717) is 23.3 Å². The molecule has 0 bridgehead atoms. The van der Waals surface area contributed by atoms with Crippen LogP contribution in [0, 0.1) is 17.2 Å². The summed E-state index contributed by atoms with van der Waals surface area (Å²) in [7, 11) is 5.79. The molecule has 1 unspecified atom stereocenters. The van der Waals surface area contributed by atoms with Crippen molar-refractivity contribution in [1.29, 1.82) is 5.26 Å². The largest absolute Gasteiger partial charge is 0.495 e. The fraction of sp³-hybridized carbons (Fsp3) is 0.588. The number of nitriles is 1. The van der Waals surface area contributed by atoms with Gasteiger partial charge in [-0.05, 0) is 44.1 Å². The van der Waals surface area contributed by atoms with Gasteiger partial charge in [-0.15, -0.1) is 0 Å². The second kappa shape index (κ2) is 8.66. The van der Waals surface area contributed by atoms with Crippen molar-refractivity contribution in [3.8, 4) is 11.8 Å². The second-order valence-corrected chi connectivity index (χ2v) is 6.12. The van der Waals surface area contributed by atoms with Crippen LogP contribution < -0.4 is 10.1 Å². The lowest BCUT2D eigenvalue weighted by atomic mass is 10.0. The summed E-state index contributed by atoms with van der Waals surface area (Å²) in [5.74, 6) is 1.31. The maximum absolute atomic E-state index is 9.01. The van der Waals surface area contributed by atoms with Crippen LogP contribution >= 0.6 is 0 Å². The molecular formula is C17H27N3O. The number of benzene rings is 1. The Labute approximate surface area is 128 Å². The number of methoxy groups -OCH3 is 1. The molecule has 0 saturated carbocycles. The molecule has 4 heteroatoms. The van der Waals surface area contributed by atoms with Gasteiger partial charge in [-0.2, -0.15) is 5.26 Å². The van der Waals surface area contributed by atoms with E-state index in [1.807, 2.05) is 18.2 Å². The van der Waals surface area contributed by atoms with Crippen molar-refractivity contribution >= 4 is 0 Å². The first kappa shape index (κ1) is 17.5. The molecule has 0 aliphatic heterocycles. The van der Waals surface area contributed by atoms with E-state index in [4.69, 9.17) is 10.00 Å². The van der Waals surface area contributed by atoms with E-state index in [2.05, 4.69) is 44.2 Å². The lowest BCUT2D eigenvalue weighted by molar-refractivity contribution is 0.305. The van der Waals surface area contributed by atoms with E-state index >= 15 is 0 Å². The van der Waals surface area contributed by atoms with Gasteiger partial charge in [0, 0.05) is 19.1 Å². The first-order valence-electron chi connectivity index (χ1n) is 7.41. The highest BCUT2D eigenvalue weighted by Gasteiger charge is 2.12. The predicted molar refractivity (Wildman–Crippen MR) is 86.3 cm³/mol. The van der Waals surface area contributed by atoms with Crippen molar-refractivity contribution in [3.05, 3.63) is 29.3 Å². The third kappa shape index (κ3) is 6.16. The van der Waals surface area contributed by atoms with E-state index in [9.17, 15) is 0 Å². The van der Waals surface area contributed by atoms with Crippen molar-refractivity contribution in [2.45, 2.75) is 32.9 Å². The van der Waals surface area contributed by atoms with E-state index in [-0.39, 0.29) is 0 Å². The molecule has 1 rings (SSSR count). The van der Waals surface area contributed by atoms with Gasteiger partial charge in [0.25, 0.3) is 0 Å². The predicted octanol–water partition coefficient (Wildman–Crippen LogP) is 2.63. The third-order valence-electron chi connectivity index (χ3n) is 3.32. The number of nitrogens with zero attached hydrogens (tertiary/aromatic N) is 2. The smallest absolute Gasteiger partial charge is 0.136 e. The molecule has 0 fully saturated rings. The summed E-state index contributed by atoms with van der Waals surface area (Å²) in [5, 5.41) is 12.6. The van der Waals surface area contributed by atoms with Gasteiger partial charge in [-0.3, -0.25) is 0 Å². The molecule has 1 aromatic carbocycles. The summed E-state index contributed by atoms with van der Waals surface area (Å²) < 4.78 is 5.25. The molecule has 0 spiro atoms. The van der Waals surface area contributed by atoms with Gasteiger partial charge in [0.2, 0.25) is 0 Å². The Kier molecular flexibility index (Phi) is 7.21. The molecule has 0 aliphatic rings. The van der Waals surface area contributed by atoms with Crippen molar-refractivity contribution in [2.75, 3.05) is 27.7 Å². The van der Waals surface area contributed by atoms with E-state index in [1.54, 1.807) is 7.11 Å². The zero-order chi connectivity index (χ0) is 15.8. The Morgan fingerprint density at radius 1 is 1.33 bits per heavy atom. The number of hydrogen-bond acceptors (Lipinski definition) is 4. The topological polar surface area (TPSA) is 48.3 Å². The van der Waals surface area contributed by atoms with Gasteiger partial charge >= 0.3 is 0 Å². The maximum atomic E-state index is 9.01. The van der Waals surface area contributed by atoms with Gasteiger partial charge in [-0.1, -0.05) is 19.9 Å². The number of likely N-dealkylation sites (N-methyl/N-ethyl adjacent to an activating group) is 1. The molecule has 116 valence electrons. The van der Waals surface area contributed by atoms with Gasteiger partial charge in [0.1, 0.15) is 11.8 Å². The van der Waals surface area contributed by atoms with Crippen LogP contribution in [0.15, 0.2) is 18.2 Å². The number of nitrogens with one attached hydrogen (secondary N) is 1. The average Bonchev–Trinajstić information content (AvgIpc) is 2.43. The minimum atomic E-state index is 0.460. The molecule has 0 amide bonds. The molecule has 0 heterocycles. The average molecular weight is 289 g/mol. The zero-order valence-electron chi connectivity index (χ0n) is 13.8. The first-order chi connectivity index (χ1) is 9.96. The molecule has 0 saturated heterocycles. The van der Waals surface area contributed by atoms with Crippen LogP contribution in [0.2, 0.25) is 0 Å². The maximum Gasteiger partial charge on any atom is 0.136 e. The lowest BCUT2D eigenvalue weighted by Crippen LogP contribution is -2.38. The summed E-state index contributed by atoms with van der Waals surface area (Å²) in [6, 6.07) is 8.34. The van der Waals surface area contributed by atoms with E-state index in [0.717, 1.165) is 25.1 Å². The number of hydrogen-bond donors (Lipinski definition) is 1. The number of ether oxygens (including phenoxy) is 1. The normalized spacial score (nSPS) is 12.5. The Bertz CT molecular complexity index is 467. The summed E-state index contributed by atoms with van der Waals surface area (Å²) in [6.07, 6.45) is 1.14. The van der Waals surface area contributed by atoms with Crippen LogP contribution in [0.5, 0.6) is 5.75 Å². The quantitative estimate of drug-likeness (QED) is 0.799. The van der Waals surface area contributed by atoms with Crippen LogP contribution in [0.3, 0.4) is 0 Å². The Hall–Kier alpha value is -1.57. The van der Waals surface area contributed by atoms with Crippen LogP contribution in [0.4, 0.5) is 0 Å². The molecule has 4 nitrogen and oxygen atoms in total.